The molecule has 1 aliphatic carbocycles. The lowest BCUT2D eigenvalue weighted by Gasteiger charge is -2.25. The molecular formula is C24H21F3N4O2S. The highest BCUT2D eigenvalue weighted by Crippen LogP contribution is 2.50. The number of aromatic nitrogens is 2. The summed E-state index contributed by atoms with van der Waals surface area (Å²) in [6.45, 7) is 2.41. The number of carboxylic acid groups (broad SMARTS) is 1. The van der Waals surface area contributed by atoms with Gasteiger partial charge in [-0.25, -0.2) is 14.8 Å². The van der Waals surface area contributed by atoms with Crippen LogP contribution in [0.5, 0.6) is 0 Å². The van der Waals surface area contributed by atoms with Crippen LogP contribution in [0.3, 0.4) is 0 Å². The van der Waals surface area contributed by atoms with Gasteiger partial charge in [-0.15, -0.1) is 0 Å². The molecule has 1 saturated carbocycles. The summed E-state index contributed by atoms with van der Waals surface area (Å²) >= 11 is 1.11. The third-order valence-corrected chi connectivity index (χ3v) is 7.01. The van der Waals surface area contributed by atoms with Crippen LogP contribution in [0.1, 0.15) is 17.5 Å². The van der Waals surface area contributed by atoms with Crippen molar-refractivity contribution in [3.63, 3.8) is 0 Å². The second-order valence-electron chi connectivity index (χ2n) is 8.54. The van der Waals surface area contributed by atoms with Gasteiger partial charge in [-0.1, -0.05) is 30.3 Å². The largest absolute Gasteiger partial charge is 0.480 e. The van der Waals surface area contributed by atoms with Gasteiger partial charge in [0.1, 0.15) is 22.7 Å². The van der Waals surface area contributed by atoms with Crippen LogP contribution in [0.15, 0.2) is 59.6 Å². The number of piperidine rings is 1. The second-order valence-corrected chi connectivity index (χ2v) is 9.37. The van der Waals surface area contributed by atoms with E-state index in [1.807, 2.05) is 4.90 Å². The lowest BCUT2D eigenvalue weighted by atomic mass is 10.0. The molecule has 3 unspecified atom stereocenters. The summed E-state index contributed by atoms with van der Waals surface area (Å²) in [6.07, 6.45) is -3.60. The number of fused-ring (bicyclic) bond motifs is 1. The molecule has 5 rings (SSSR count). The molecule has 0 bridgehead atoms. The Bertz CT molecular complexity index is 1250. The number of carbonyl (C=O) groups is 1. The zero-order chi connectivity index (χ0) is 24.0. The molecule has 3 atom stereocenters. The Hall–Kier alpha value is -3.27. The molecule has 10 heteroatoms. The SMILES string of the molecule is Cc1ccccc1-c1nc(NSc2cccc(N3CC4CC4C3C(=O)O)n2)ccc1C(F)(F)F. The average Bonchev–Trinajstić information content (AvgIpc) is 3.46. The summed E-state index contributed by atoms with van der Waals surface area (Å²) in [6, 6.07) is 13.9. The zero-order valence-corrected chi connectivity index (χ0v) is 18.9. The zero-order valence-electron chi connectivity index (χ0n) is 18.1. The fraction of sp³-hybridized carbons (Fsp3) is 0.292. The van der Waals surface area contributed by atoms with E-state index in [0.717, 1.165) is 24.4 Å². The number of halogens is 3. The summed E-state index contributed by atoms with van der Waals surface area (Å²) in [5.41, 5.74) is 0.163. The highest BCUT2D eigenvalue weighted by Gasteiger charge is 2.56. The average molecular weight is 487 g/mol. The molecule has 2 N–H and O–H groups in total. The number of aryl methyl sites for hydroxylation is 1. The Kier molecular flexibility index (Phi) is 5.63. The number of hydrogen-bond donors (Lipinski definition) is 2. The van der Waals surface area contributed by atoms with Crippen molar-refractivity contribution in [2.75, 3.05) is 16.2 Å². The van der Waals surface area contributed by atoms with Crippen LogP contribution in [0.4, 0.5) is 24.8 Å². The number of nitrogens with one attached hydrogen (secondary N) is 1. The summed E-state index contributed by atoms with van der Waals surface area (Å²) in [5.74, 6) is 0.556. The molecule has 1 saturated heterocycles. The maximum atomic E-state index is 13.6. The van der Waals surface area contributed by atoms with Crippen molar-refractivity contribution in [2.45, 2.75) is 30.6 Å². The van der Waals surface area contributed by atoms with Crippen molar-refractivity contribution in [1.29, 1.82) is 0 Å². The van der Waals surface area contributed by atoms with E-state index in [9.17, 15) is 23.1 Å². The molecule has 176 valence electrons. The van der Waals surface area contributed by atoms with Gasteiger partial charge in [0.25, 0.3) is 0 Å². The lowest BCUT2D eigenvalue weighted by Crippen LogP contribution is -2.39. The van der Waals surface area contributed by atoms with E-state index in [2.05, 4.69) is 14.7 Å². The number of pyridine rings is 2. The van der Waals surface area contributed by atoms with Crippen LogP contribution < -0.4 is 9.62 Å². The number of benzene rings is 1. The van der Waals surface area contributed by atoms with E-state index in [1.165, 1.54) is 6.07 Å². The Morgan fingerprint density at radius 3 is 2.65 bits per heavy atom. The number of aliphatic carboxylic acids is 1. The first kappa shape index (κ1) is 22.5. The minimum atomic E-state index is -4.54. The summed E-state index contributed by atoms with van der Waals surface area (Å²) in [5, 5.41) is 10.2. The molecule has 2 aliphatic rings. The third kappa shape index (κ3) is 4.29. The Labute approximate surface area is 198 Å². The smallest absolute Gasteiger partial charge is 0.418 e. The van der Waals surface area contributed by atoms with Gasteiger partial charge in [0.15, 0.2) is 0 Å². The molecule has 34 heavy (non-hydrogen) atoms. The molecule has 3 aromatic rings. The predicted octanol–water partition coefficient (Wildman–Crippen LogP) is 5.50. The Morgan fingerprint density at radius 2 is 1.91 bits per heavy atom. The maximum Gasteiger partial charge on any atom is 0.418 e. The van der Waals surface area contributed by atoms with E-state index in [4.69, 9.17) is 0 Å². The van der Waals surface area contributed by atoms with Crippen LogP contribution in [0, 0.1) is 18.8 Å². The minimum absolute atomic E-state index is 0.140. The number of alkyl halides is 3. The molecule has 0 spiro atoms. The molecule has 0 radical (unpaired) electrons. The van der Waals surface area contributed by atoms with Crippen LogP contribution in [-0.2, 0) is 11.0 Å². The van der Waals surface area contributed by atoms with Gasteiger partial charge in [-0.2, -0.15) is 13.2 Å². The highest BCUT2D eigenvalue weighted by molar-refractivity contribution is 8.00. The van der Waals surface area contributed by atoms with Crippen LogP contribution in [0.2, 0.25) is 0 Å². The number of nitrogens with zero attached hydrogens (tertiary/aromatic N) is 3. The van der Waals surface area contributed by atoms with Crippen molar-refractivity contribution in [2.24, 2.45) is 11.8 Å². The number of anilines is 2. The van der Waals surface area contributed by atoms with E-state index in [1.54, 1.807) is 49.4 Å². The molecule has 3 heterocycles. The quantitative estimate of drug-likeness (QED) is 0.446. The Morgan fingerprint density at radius 1 is 1.12 bits per heavy atom. The monoisotopic (exact) mass is 486 g/mol. The molecule has 2 fully saturated rings. The van der Waals surface area contributed by atoms with E-state index < -0.39 is 23.8 Å². The fourth-order valence-corrected chi connectivity index (χ4v) is 5.14. The standard InChI is InChI=1S/C24H21F3N4O2S/c1-13-5-2-3-6-15(13)21-17(24(25,26)27)9-10-18(28-21)30-34-20-8-4-7-19(29-20)31-12-14-11-16(14)22(31)23(32)33/h2-10,14,16,22H,11-12H2,1H3,(H,28,30)(H,32,33). The molecule has 1 aliphatic heterocycles. The third-order valence-electron chi connectivity index (χ3n) is 6.27. The maximum absolute atomic E-state index is 13.6. The number of hydrogen-bond acceptors (Lipinski definition) is 6. The minimum Gasteiger partial charge on any atom is -0.480 e. The molecule has 0 amide bonds. The van der Waals surface area contributed by atoms with Gasteiger partial charge in [-0.05, 0) is 55.0 Å². The lowest BCUT2D eigenvalue weighted by molar-refractivity contribution is -0.139. The predicted molar refractivity (Wildman–Crippen MR) is 123 cm³/mol. The number of rotatable bonds is 6. The first-order valence-corrected chi connectivity index (χ1v) is 11.6. The first-order chi connectivity index (χ1) is 16.2. The van der Waals surface area contributed by atoms with Crippen molar-refractivity contribution < 1.29 is 23.1 Å². The van der Waals surface area contributed by atoms with Crippen molar-refractivity contribution in [1.82, 2.24) is 9.97 Å². The molecular weight excluding hydrogens is 465 g/mol. The number of carboxylic acids is 1. The van der Waals surface area contributed by atoms with Gasteiger partial charge in [0, 0.05) is 24.1 Å². The normalized spacial score (nSPS) is 21.3. The van der Waals surface area contributed by atoms with Gasteiger partial charge >= 0.3 is 12.1 Å². The summed E-state index contributed by atoms with van der Waals surface area (Å²) in [7, 11) is 0. The molecule has 1 aromatic carbocycles. The van der Waals surface area contributed by atoms with Crippen LogP contribution >= 0.6 is 11.9 Å². The summed E-state index contributed by atoms with van der Waals surface area (Å²) < 4.78 is 43.9. The van der Waals surface area contributed by atoms with Gasteiger partial charge in [-0.3, -0.25) is 0 Å². The van der Waals surface area contributed by atoms with Crippen LogP contribution in [0.25, 0.3) is 11.3 Å². The van der Waals surface area contributed by atoms with Crippen LogP contribution in [-0.4, -0.2) is 33.6 Å². The topological polar surface area (TPSA) is 78.4 Å². The van der Waals surface area contributed by atoms with E-state index in [-0.39, 0.29) is 17.4 Å². The van der Waals surface area contributed by atoms with E-state index >= 15 is 0 Å². The van der Waals surface area contributed by atoms with E-state index in [0.29, 0.717) is 34.4 Å². The second kappa shape index (κ2) is 8.50. The van der Waals surface area contributed by atoms with Crippen molar-refractivity contribution in [3.8, 4) is 11.3 Å². The van der Waals surface area contributed by atoms with Gasteiger partial charge in [0.05, 0.1) is 11.3 Å². The van der Waals surface area contributed by atoms with Gasteiger partial charge < -0.3 is 14.7 Å². The summed E-state index contributed by atoms with van der Waals surface area (Å²) in [4.78, 5) is 22.4. The fourth-order valence-electron chi connectivity index (χ4n) is 4.53. The molecule has 6 nitrogen and oxygen atoms in total. The van der Waals surface area contributed by atoms with Gasteiger partial charge in [0.2, 0.25) is 0 Å². The van der Waals surface area contributed by atoms with Crippen molar-refractivity contribution in [3.05, 3.63) is 65.7 Å². The Balaban J connectivity index is 1.38. The first-order valence-electron chi connectivity index (χ1n) is 10.8. The molecule has 2 aromatic heterocycles. The van der Waals surface area contributed by atoms with Crippen molar-refractivity contribution >= 4 is 29.6 Å². The highest BCUT2D eigenvalue weighted by atomic mass is 32.2.